The first-order chi connectivity index (χ1) is 10.1. The number of carboxylic acids is 1. The molecule has 1 N–H and O–H groups in total. The maximum atomic E-state index is 11.9. The smallest absolute Gasteiger partial charge is 0.410 e. The van der Waals surface area contributed by atoms with Crippen molar-refractivity contribution in [1.29, 1.82) is 0 Å². The molecule has 22 heavy (non-hydrogen) atoms. The van der Waals surface area contributed by atoms with E-state index in [-0.39, 0.29) is 6.54 Å². The number of aryl methyl sites for hydroxylation is 1. The first kappa shape index (κ1) is 18.0. The van der Waals surface area contributed by atoms with Crippen LogP contribution >= 0.6 is 0 Å². The van der Waals surface area contributed by atoms with Crippen molar-refractivity contribution in [3.8, 4) is 0 Å². The highest BCUT2D eigenvalue weighted by atomic mass is 16.6. The fourth-order valence-electron chi connectivity index (χ4n) is 2.10. The second kappa shape index (κ2) is 7.29. The van der Waals surface area contributed by atoms with Gasteiger partial charge in [0.05, 0.1) is 5.92 Å². The molecule has 1 atom stereocenters. The van der Waals surface area contributed by atoms with E-state index in [1.54, 1.807) is 27.8 Å². The van der Waals surface area contributed by atoms with Gasteiger partial charge < -0.3 is 14.7 Å². The van der Waals surface area contributed by atoms with Gasteiger partial charge in [0.15, 0.2) is 0 Å². The second-order valence-electron chi connectivity index (χ2n) is 6.59. The summed E-state index contributed by atoms with van der Waals surface area (Å²) >= 11 is 0. The topological polar surface area (TPSA) is 66.8 Å². The van der Waals surface area contributed by atoms with Crippen molar-refractivity contribution >= 4 is 12.1 Å². The molecule has 0 unspecified atom stereocenters. The summed E-state index contributed by atoms with van der Waals surface area (Å²) in [5.41, 5.74) is 1.44. The largest absolute Gasteiger partial charge is 0.481 e. The minimum Gasteiger partial charge on any atom is -0.481 e. The molecule has 0 saturated carbocycles. The van der Waals surface area contributed by atoms with Gasteiger partial charge in [0.25, 0.3) is 0 Å². The quantitative estimate of drug-likeness (QED) is 0.907. The lowest BCUT2D eigenvalue weighted by atomic mass is 9.98. The fraction of sp³-hybridized carbons (Fsp3) is 0.529. The van der Waals surface area contributed by atoms with E-state index in [2.05, 4.69) is 0 Å². The van der Waals surface area contributed by atoms with Gasteiger partial charge in [-0.2, -0.15) is 0 Å². The number of carboxylic acid groups (broad SMARTS) is 1. The molecular weight excluding hydrogens is 282 g/mol. The number of carbonyl (C=O) groups excluding carboxylic acids is 1. The van der Waals surface area contributed by atoms with Crippen LogP contribution in [-0.2, 0) is 16.0 Å². The van der Waals surface area contributed by atoms with Crippen LogP contribution < -0.4 is 0 Å². The van der Waals surface area contributed by atoms with E-state index in [1.807, 2.05) is 31.2 Å². The van der Waals surface area contributed by atoms with Crippen LogP contribution in [-0.4, -0.2) is 41.3 Å². The number of nitrogens with zero attached hydrogens (tertiary/aromatic N) is 1. The number of benzene rings is 1. The van der Waals surface area contributed by atoms with E-state index in [4.69, 9.17) is 4.74 Å². The maximum Gasteiger partial charge on any atom is 0.410 e. The molecule has 122 valence electrons. The Morgan fingerprint density at radius 3 is 2.45 bits per heavy atom. The van der Waals surface area contributed by atoms with Crippen LogP contribution in [0.4, 0.5) is 4.79 Å². The number of rotatable bonds is 5. The highest BCUT2D eigenvalue weighted by Gasteiger charge is 2.25. The number of aliphatic carboxylic acids is 1. The van der Waals surface area contributed by atoms with Crippen molar-refractivity contribution in [1.82, 2.24) is 4.90 Å². The van der Waals surface area contributed by atoms with Crippen LogP contribution in [0.1, 0.15) is 31.9 Å². The number of ether oxygens (including phenoxy) is 1. The molecule has 0 bridgehead atoms. The first-order valence-electron chi connectivity index (χ1n) is 7.31. The van der Waals surface area contributed by atoms with Crippen molar-refractivity contribution in [3.63, 3.8) is 0 Å². The molecule has 0 aromatic heterocycles. The van der Waals surface area contributed by atoms with Gasteiger partial charge >= 0.3 is 12.1 Å². The standard InChI is InChI=1S/C17H25NO4/c1-12-7-6-8-13(9-12)10-14(15(19)20)11-18(5)16(21)22-17(2,3)4/h6-9,14H,10-11H2,1-5H3,(H,19,20)/t14-/m0/s1. The Balaban J connectivity index is 2.72. The summed E-state index contributed by atoms with van der Waals surface area (Å²) in [5.74, 6) is -1.59. The zero-order valence-electron chi connectivity index (χ0n) is 13.9. The lowest BCUT2D eigenvalue weighted by Crippen LogP contribution is -2.39. The van der Waals surface area contributed by atoms with Crippen LogP contribution in [0.5, 0.6) is 0 Å². The first-order valence-corrected chi connectivity index (χ1v) is 7.31. The minimum atomic E-state index is -0.920. The Hall–Kier alpha value is -2.04. The van der Waals surface area contributed by atoms with Gasteiger partial charge in [-0.1, -0.05) is 29.8 Å². The van der Waals surface area contributed by atoms with E-state index in [0.717, 1.165) is 11.1 Å². The highest BCUT2D eigenvalue weighted by Crippen LogP contribution is 2.14. The maximum absolute atomic E-state index is 11.9. The van der Waals surface area contributed by atoms with E-state index in [0.29, 0.717) is 6.42 Å². The van der Waals surface area contributed by atoms with E-state index in [1.165, 1.54) is 4.90 Å². The average molecular weight is 307 g/mol. The molecule has 0 spiro atoms. The monoisotopic (exact) mass is 307 g/mol. The molecule has 0 fully saturated rings. The molecular formula is C17H25NO4. The van der Waals surface area contributed by atoms with Gasteiger partial charge in [0.1, 0.15) is 5.60 Å². The number of hydrogen-bond acceptors (Lipinski definition) is 3. The summed E-state index contributed by atoms with van der Waals surface area (Å²) in [6.45, 7) is 7.41. The summed E-state index contributed by atoms with van der Waals surface area (Å²) in [7, 11) is 1.56. The summed E-state index contributed by atoms with van der Waals surface area (Å²) < 4.78 is 5.24. The molecule has 1 aromatic carbocycles. The van der Waals surface area contributed by atoms with Crippen LogP contribution in [0.2, 0.25) is 0 Å². The molecule has 0 radical (unpaired) electrons. The molecule has 5 nitrogen and oxygen atoms in total. The van der Waals surface area contributed by atoms with E-state index in [9.17, 15) is 14.7 Å². The molecule has 0 heterocycles. The zero-order chi connectivity index (χ0) is 16.9. The molecule has 0 aliphatic rings. The summed E-state index contributed by atoms with van der Waals surface area (Å²) in [6, 6.07) is 7.73. The third kappa shape index (κ3) is 6.16. The van der Waals surface area contributed by atoms with Crippen LogP contribution in [0.3, 0.4) is 0 Å². The molecule has 1 aromatic rings. The average Bonchev–Trinajstić information content (AvgIpc) is 2.35. The van der Waals surface area contributed by atoms with Gasteiger partial charge in [-0.3, -0.25) is 4.79 Å². The SMILES string of the molecule is Cc1cccc(C[C@@H](CN(C)C(=O)OC(C)(C)C)C(=O)O)c1. The Labute approximate surface area is 131 Å². The van der Waals surface area contributed by atoms with Crippen LogP contribution in [0.15, 0.2) is 24.3 Å². The van der Waals surface area contributed by atoms with Crippen LogP contribution in [0, 0.1) is 12.8 Å². The van der Waals surface area contributed by atoms with Crippen molar-refractivity contribution < 1.29 is 19.4 Å². The van der Waals surface area contributed by atoms with Crippen molar-refractivity contribution in [2.45, 2.75) is 39.7 Å². The Kier molecular flexibility index (Phi) is 5.97. The third-order valence-electron chi connectivity index (χ3n) is 3.11. The molecule has 0 aliphatic carbocycles. The van der Waals surface area contributed by atoms with Crippen molar-refractivity contribution in [3.05, 3.63) is 35.4 Å². The summed E-state index contributed by atoms with van der Waals surface area (Å²) in [6.07, 6.45) is -0.132. The molecule has 0 aliphatic heterocycles. The minimum absolute atomic E-state index is 0.109. The lowest BCUT2D eigenvalue weighted by molar-refractivity contribution is -0.142. The Morgan fingerprint density at radius 1 is 1.32 bits per heavy atom. The predicted octanol–water partition coefficient (Wildman–Crippen LogP) is 3.11. The third-order valence-corrected chi connectivity index (χ3v) is 3.11. The normalized spacial score (nSPS) is 12.6. The van der Waals surface area contributed by atoms with Gasteiger partial charge in [-0.25, -0.2) is 4.79 Å². The van der Waals surface area contributed by atoms with Crippen molar-refractivity contribution in [2.75, 3.05) is 13.6 Å². The molecule has 5 heteroatoms. The highest BCUT2D eigenvalue weighted by molar-refractivity contribution is 5.73. The second-order valence-corrected chi connectivity index (χ2v) is 6.59. The van der Waals surface area contributed by atoms with Gasteiger partial charge in [0, 0.05) is 13.6 Å². The van der Waals surface area contributed by atoms with Gasteiger partial charge in [0.2, 0.25) is 0 Å². The summed E-state index contributed by atoms with van der Waals surface area (Å²) in [5, 5.41) is 9.39. The lowest BCUT2D eigenvalue weighted by Gasteiger charge is -2.26. The fourth-order valence-corrected chi connectivity index (χ4v) is 2.10. The number of hydrogen-bond donors (Lipinski definition) is 1. The van der Waals surface area contributed by atoms with Gasteiger partial charge in [-0.15, -0.1) is 0 Å². The molecule has 0 saturated heterocycles. The Morgan fingerprint density at radius 2 is 1.95 bits per heavy atom. The summed E-state index contributed by atoms with van der Waals surface area (Å²) in [4.78, 5) is 24.7. The van der Waals surface area contributed by atoms with Crippen molar-refractivity contribution in [2.24, 2.45) is 5.92 Å². The zero-order valence-corrected chi connectivity index (χ0v) is 13.9. The van der Waals surface area contributed by atoms with E-state index < -0.39 is 23.6 Å². The molecule has 1 rings (SSSR count). The predicted molar refractivity (Wildman–Crippen MR) is 84.9 cm³/mol. The Bertz CT molecular complexity index is 534. The van der Waals surface area contributed by atoms with Crippen LogP contribution in [0.25, 0.3) is 0 Å². The number of carbonyl (C=O) groups is 2. The number of amides is 1. The van der Waals surface area contributed by atoms with E-state index >= 15 is 0 Å². The molecule has 1 amide bonds. The van der Waals surface area contributed by atoms with Gasteiger partial charge in [-0.05, 0) is 39.7 Å².